The lowest BCUT2D eigenvalue weighted by molar-refractivity contribution is 0.0907. The van der Waals surface area contributed by atoms with Crippen molar-refractivity contribution in [1.29, 1.82) is 0 Å². The molecule has 1 amide bonds. The molecule has 0 saturated heterocycles. The molecule has 0 aliphatic heterocycles. The maximum atomic E-state index is 12.0. The van der Waals surface area contributed by atoms with Gasteiger partial charge in [0, 0.05) is 17.8 Å². The van der Waals surface area contributed by atoms with Gasteiger partial charge in [-0.3, -0.25) is 9.48 Å². The molecule has 3 rings (SSSR count). The molecule has 1 N–H and O–H groups in total. The van der Waals surface area contributed by atoms with Crippen LogP contribution >= 0.6 is 27.5 Å². The molecule has 0 atom stereocenters. The Balaban J connectivity index is 1.58. The van der Waals surface area contributed by atoms with Crippen LogP contribution in [-0.2, 0) is 13.1 Å². The predicted molar refractivity (Wildman–Crippen MR) is 85.9 cm³/mol. The van der Waals surface area contributed by atoms with Gasteiger partial charge >= 0.3 is 11.8 Å². The Bertz CT molecular complexity index is 815. The molecule has 0 unspecified atom stereocenters. The highest BCUT2D eigenvalue weighted by atomic mass is 79.9. The number of hydrogen-bond donors (Lipinski definition) is 1. The molecule has 23 heavy (non-hydrogen) atoms. The molecule has 2 aromatic heterocycles. The Hall–Kier alpha value is -2.19. The lowest BCUT2D eigenvalue weighted by atomic mass is 10.2. The highest BCUT2D eigenvalue weighted by Gasteiger charge is 2.15. The SMILES string of the molecule is O=C(NCc1ccc(Cl)cc1)c1nc(Cn2cc(Br)cn2)no1. The second kappa shape index (κ2) is 6.93. The van der Waals surface area contributed by atoms with Gasteiger partial charge in [0.05, 0.1) is 10.7 Å². The lowest BCUT2D eigenvalue weighted by Crippen LogP contribution is -2.23. The third-order valence-electron chi connectivity index (χ3n) is 2.93. The molecule has 0 spiro atoms. The van der Waals surface area contributed by atoms with Crippen molar-refractivity contribution in [1.82, 2.24) is 25.2 Å². The van der Waals surface area contributed by atoms with Gasteiger partial charge < -0.3 is 9.84 Å². The van der Waals surface area contributed by atoms with Gasteiger partial charge in [-0.15, -0.1) is 0 Å². The Kier molecular flexibility index (Phi) is 4.73. The molecule has 0 saturated carbocycles. The van der Waals surface area contributed by atoms with Gasteiger partial charge in [0.1, 0.15) is 6.54 Å². The topological polar surface area (TPSA) is 85.8 Å². The molecule has 0 aliphatic carbocycles. The van der Waals surface area contributed by atoms with E-state index in [4.69, 9.17) is 16.1 Å². The number of nitrogens with one attached hydrogen (secondary N) is 1. The van der Waals surface area contributed by atoms with E-state index in [0.717, 1.165) is 10.0 Å². The number of benzene rings is 1. The van der Waals surface area contributed by atoms with E-state index >= 15 is 0 Å². The first kappa shape index (κ1) is 15.7. The Morgan fingerprint density at radius 1 is 1.35 bits per heavy atom. The Morgan fingerprint density at radius 3 is 2.83 bits per heavy atom. The van der Waals surface area contributed by atoms with Gasteiger partial charge in [0.25, 0.3) is 0 Å². The highest BCUT2D eigenvalue weighted by Crippen LogP contribution is 2.10. The molecule has 2 heterocycles. The van der Waals surface area contributed by atoms with Crippen molar-refractivity contribution < 1.29 is 9.32 Å². The van der Waals surface area contributed by atoms with Crippen LogP contribution in [0.3, 0.4) is 0 Å². The molecule has 118 valence electrons. The summed E-state index contributed by atoms with van der Waals surface area (Å²) in [6.07, 6.45) is 3.43. The van der Waals surface area contributed by atoms with Gasteiger partial charge in [0.2, 0.25) is 0 Å². The van der Waals surface area contributed by atoms with E-state index in [-0.39, 0.29) is 5.89 Å². The fraction of sp³-hybridized carbons (Fsp3) is 0.143. The molecular weight excluding hydrogens is 386 g/mol. The summed E-state index contributed by atoms with van der Waals surface area (Å²) in [4.78, 5) is 16.0. The first-order chi connectivity index (χ1) is 11.1. The molecule has 0 aliphatic rings. The van der Waals surface area contributed by atoms with Crippen LogP contribution in [0.5, 0.6) is 0 Å². The predicted octanol–water partition coefficient (Wildman–Crippen LogP) is 2.66. The molecule has 1 aromatic carbocycles. The molecule has 3 aromatic rings. The van der Waals surface area contributed by atoms with Gasteiger partial charge in [-0.05, 0) is 33.6 Å². The fourth-order valence-electron chi connectivity index (χ4n) is 1.84. The average molecular weight is 397 g/mol. The van der Waals surface area contributed by atoms with E-state index in [0.29, 0.717) is 23.9 Å². The number of nitrogens with zero attached hydrogens (tertiary/aromatic N) is 4. The molecule has 0 fully saturated rings. The number of halogens is 2. The fourth-order valence-corrected chi connectivity index (χ4v) is 2.29. The number of rotatable bonds is 5. The number of carbonyl (C=O) groups excluding carboxylic acids is 1. The zero-order valence-corrected chi connectivity index (χ0v) is 14.1. The normalized spacial score (nSPS) is 10.7. The summed E-state index contributed by atoms with van der Waals surface area (Å²) in [5.41, 5.74) is 0.920. The number of amides is 1. The number of aromatic nitrogens is 4. The van der Waals surface area contributed by atoms with Crippen LogP contribution < -0.4 is 5.32 Å². The first-order valence-corrected chi connectivity index (χ1v) is 7.80. The van der Waals surface area contributed by atoms with Gasteiger partial charge in [-0.1, -0.05) is 28.9 Å². The van der Waals surface area contributed by atoms with Crippen LogP contribution in [0, 0.1) is 0 Å². The van der Waals surface area contributed by atoms with E-state index in [1.54, 1.807) is 29.2 Å². The summed E-state index contributed by atoms with van der Waals surface area (Å²) in [5, 5.41) is 11.2. The average Bonchev–Trinajstić information content (AvgIpc) is 3.16. The highest BCUT2D eigenvalue weighted by molar-refractivity contribution is 9.10. The molecule has 9 heteroatoms. The van der Waals surface area contributed by atoms with Crippen molar-refractivity contribution in [3.63, 3.8) is 0 Å². The van der Waals surface area contributed by atoms with Gasteiger partial charge in [-0.25, -0.2) is 0 Å². The Morgan fingerprint density at radius 2 is 2.13 bits per heavy atom. The minimum absolute atomic E-state index is 0.0832. The standard InChI is InChI=1S/C14H11BrClN5O2/c15-10-6-18-21(7-10)8-12-19-14(23-20-12)13(22)17-5-9-1-3-11(16)4-2-9/h1-4,6-7H,5,8H2,(H,17,22). The van der Waals surface area contributed by atoms with E-state index in [1.807, 2.05) is 12.1 Å². The summed E-state index contributed by atoms with van der Waals surface area (Å²) in [5.74, 6) is -0.141. The summed E-state index contributed by atoms with van der Waals surface area (Å²) < 4.78 is 7.44. The quantitative estimate of drug-likeness (QED) is 0.716. The minimum Gasteiger partial charge on any atom is -0.344 e. The van der Waals surface area contributed by atoms with Crippen LogP contribution in [0.25, 0.3) is 0 Å². The minimum atomic E-state index is -0.430. The lowest BCUT2D eigenvalue weighted by Gasteiger charge is -2.02. The molecule has 7 nitrogen and oxygen atoms in total. The second-order valence-electron chi connectivity index (χ2n) is 4.68. The first-order valence-electron chi connectivity index (χ1n) is 6.63. The Labute approximate surface area is 144 Å². The van der Waals surface area contributed by atoms with Crippen molar-refractivity contribution in [3.05, 3.63) is 63.4 Å². The summed E-state index contributed by atoms with van der Waals surface area (Å²) in [6.45, 7) is 0.666. The van der Waals surface area contributed by atoms with Gasteiger partial charge in [0.15, 0.2) is 5.82 Å². The van der Waals surface area contributed by atoms with Crippen LogP contribution in [0.15, 0.2) is 45.7 Å². The molecule has 0 bridgehead atoms. The molecule has 0 radical (unpaired) electrons. The summed E-state index contributed by atoms with van der Waals surface area (Å²) in [6, 6.07) is 7.18. The van der Waals surface area contributed by atoms with Crippen LogP contribution in [0.1, 0.15) is 22.1 Å². The van der Waals surface area contributed by atoms with Gasteiger partial charge in [-0.2, -0.15) is 10.1 Å². The van der Waals surface area contributed by atoms with Crippen molar-refractivity contribution in [2.45, 2.75) is 13.1 Å². The van der Waals surface area contributed by atoms with Crippen LogP contribution in [-0.4, -0.2) is 25.8 Å². The zero-order chi connectivity index (χ0) is 16.2. The smallest absolute Gasteiger partial charge is 0.316 e. The monoisotopic (exact) mass is 395 g/mol. The molecular formula is C14H11BrClN5O2. The van der Waals surface area contributed by atoms with Crippen LogP contribution in [0.4, 0.5) is 0 Å². The van der Waals surface area contributed by atoms with Crippen molar-refractivity contribution >= 4 is 33.4 Å². The van der Waals surface area contributed by atoms with E-state index in [2.05, 4.69) is 36.5 Å². The van der Waals surface area contributed by atoms with E-state index in [9.17, 15) is 4.79 Å². The zero-order valence-electron chi connectivity index (χ0n) is 11.7. The maximum Gasteiger partial charge on any atom is 0.316 e. The third-order valence-corrected chi connectivity index (χ3v) is 3.60. The van der Waals surface area contributed by atoms with Crippen molar-refractivity contribution in [2.75, 3.05) is 0 Å². The van der Waals surface area contributed by atoms with E-state index in [1.165, 1.54) is 0 Å². The van der Waals surface area contributed by atoms with Crippen molar-refractivity contribution in [3.8, 4) is 0 Å². The van der Waals surface area contributed by atoms with E-state index < -0.39 is 5.91 Å². The summed E-state index contributed by atoms with van der Waals surface area (Å²) >= 11 is 9.11. The summed E-state index contributed by atoms with van der Waals surface area (Å²) in [7, 11) is 0. The number of hydrogen-bond acceptors (Lipinski definition) is 5. The largest absolute Gasteiger partial charge is 0.344 e. The van der Waals surface area contributed by atoms with Crippen LogP contribution in [0.2, 0.25) is 5.02 Å². The second-order valence-corrected chi connectivity index (χ2v) is 6.03. The van der Waals surface area contributed by atoms with Crippen molar-refractivity contribution in [2.24, 2.45) is 0 Å². The third kappa shape index (κ3) is 4.17. The maximum absolute atomic E-state index is 12.0. The number of carbonyl (C=O) groups is 1.